The van der Waals surface area contributed by atoms with Crippen LogP contribution in [0.2, 0.25) is 0 Å². The summed E-state index contributed by atoms with van der Waals surface area (Å²) in [4.78, 5) is 22.3. The molecule has 1 amide bonds. The molecule has 0 aliphatic carbocycles. The number of para-hydroxylation sites is 1. The van der Waals surface area contributed by atoms with Crippen molar-refractivity contribution in [3.63, 3.8) is 0 Å². The molecule has 0 saturated carbocycles. The Balaban J connectivity index is 1.66. The molecule has 0 bridgehead atoms. The number of methoxy groups -OCH3 is 1. The van der Waals surface area contributed by atoms with Gasteiger partial charge in [-0.1, -0.05) is 17.3 Å². The number of carbonyl (C=O) groups excluding carboxylic acids is 1. The van der Waals surface area contributed by atoms with Gasteiger partial charge in [0, 0.05) is 23.1 Å². The molecule has 1 N–H and O–H groups in total. The van der Waals surface area contributed by atoms with Gasteiger partial charge in [0.25, 0.3) is 5.91 Å². The summed E-state index contributed by atoms with van der Waals surface area (Å²) in [5.41, 5.74) is 1.47. The number of rotatable bonds is 5. The standard InChI is InChI=1S/C17H19N3O3S/c1-11-10-24-15(19-11)9-18-16(21)17(2)8-13(20-23-17)12-6-4-5-7-14(12)22-3/h4-7,10H,8-9H2,1-3H3,(H,18,21). The molecule has 0 spiro atoms. The summed E-state index contributed by atoms with van der Waals surface area (Å²) in [7, 11) is 1.61. The van der Waals surface area contributed by atoms with Crippen LogP contribution in [0.15, 0.2) is 34.8 Å². The Morgan fingerprint density at radius 2 is 2.25 bits per heavy atom. The monoisotopic (exact) mass is 345 g/mol. The average Bonchev–Trinajstić information content (AvgIpc) is 3.19. The Hall–Kier alpha value is -2.41. The first-order chi connectivity index (χ1) is 11.5. The van der Waals surface area contributed by atoms with Crippen molar-refractivity contribution in [1.82, 2.24) is 10.3 Å². The van der Waals surface area contributed by atoms with Crippen LogP contribution in [0.25, 0.3) is 0 Å². The van der Waals surface area contributed by atoms with Gasteiger partial charge in [-0.2, -0.15) is 0 Å². The van der Waals surface area contributed by atoms with E-state index >= 15 is 0 Å². The Morgan fingerprint density at radius 1 is 1.46 bits per heavy atom. The first-order valence-corrected chi connectivity index (χ1v) is 8.47. The van der Waals surface area contributed by atoms with E-state index in [0.717, 1.165) is 16.3 Å². The van der Waals surface area contributed by atoms with Crippen molar-refractivity contribution in [1.29, 1.82) is 0 Å². The number of nitrogens with zero attached hydrogens (tertiary/aromatic N) is 2. The molecule has 1 aliphatic heterocycles. The smallest absolute Gasteiger partial charge is 0.267 e. The lowest BCUT2D eigenvalue weighted by atomic mass is 9.94. The van der Waals surface area contributed by atoms with Crippen LogP contribution >= 0.6 is 11.3 Å². The Morgan fingerprint density at radius 3 is 2.96 bits per heavy atom. The number of hydrogen-bond donors (Lipinski definition) is 1. The second-order valence-electron chi connectivity index (χ2n) is 5.80. The van der Waals surface area contributed by atoms with E-state index < -0.39 is 5.60 Å². The van der Waals surface area contributed by atoms with Gasteiger partial charge >= 0.3 is 0 Å². The summed E-state index contributed by atoms with van der Waals surface area (Å²) < 4.78 is 5.35. The van der Waals surface area contributed by atoms with E-state index in [1.807, 2.05) is 36.6 Å². The number of benzene rings is 1. The molecule has 1 atom stereocenters. The minimum Gasteiger partial charge on any atom is -0.496 e. The SMILES string of the molecule is COc1ccccc1C1=NOC(C)(C(=O)NCc2nc(C)cs2)C1. The molecular formula is C17H19N3O3S. The van der Waals surface area contributed by atoms with Gasteiger partial charge in [-0.05, 0) is 26.0 Å². The van der Waals surface area contributed by atoms with E-state index in [9.17, 15) is 4.79 Å². The second-order valence-corrected chi connectivity index (χ2v) is 6.75. The highest BCUT2D eigenvalue weighted by Crippen LogP contribution is 2.30. The van der Waals surface area contributed by atoms with Crippen molar-refractivity contribution in [2.45, 2.75) is 32.4 Å². The molecular weight excluding hydrogens is 326 g/mol. The largest absolute Gasteiger partial charge is 0.496 e. The van der Waals surface area contributed by atoms with Crippen LogP contribution in [-0.2, 0) is 16.2 Å². The first kappa shape index (κ1) is 16.4. The minimum atomic E-state index is -1.03. The molecule has 6 nitrogen and oxygen atoms in total. The van der Waals surface area contributed by atoms with Crippen molar-refractivity contribution in [2.24, 2.45) is 5.16 Å². The topological polar surface area (TPSA) is 72.8 Å². The third-order valence-electron chi connectivity index (χ3n) is 3.83. The van der Waals surface area contributed by atoms with Crippen molar-refractivity contribution < 1.29 is 14.4 Å². The van der Waals surface area contributed by atoms with Crippen LogP contribution in [-0.4, -0.2) is 29.3 Å². The molecule has 1 aromatic heterocycles. The van der Waals surface area contributed by atoms with Gasteiger partial charge in [0.05, 0.1) is 19.4 Å². The number of aryl methyl sites for hydroxylation is 1. The molecule has 126 valence electrons. The fourth-order valence-corrected chi connectivity index (χ4v) is 3.23. The maximum absolute atomic E-state index is 12.5. The molecule has 24 heavy (non-hydrogen) atoms. The molecule has 1 aromatic carbocycles. The third-order valence-corrected chi connectivity index (χ3v) is 4.79. The normalized spacial score (nSPS) is 19.5. The summed E-state index contributed by atoms with van der Waals surface area (Å²) in [6.45, 7) is 4.05. The summed E-state index contributed by atoms with van der Waals surface area (Å²) in [5, 5.41) is 9.81. The molecule has 1 unspecified atom stereocenters. The fourth-order valence-electron chi connectivity index (χ4n) is 2.52. The number of hydrogen-bond acceptors (Lipinski definition) is 6. The zero-order valence-electron chi connectivity index (χ0n) is 13.8. The van der Waals surface area contributed by atoms with Gasteiger partial charge in [0.2, 0.25) is 5.60 Å². The van der Waals surface area contributed by atoms with Crippen LogP contribution in [0.1, 0.15) is 29.6 Å². The van der Waals surface area contributed by atoms with Gasteiger partial charge in [-0.15, -0.1) is 11.3 Å². The maximum atomic E-state index is 12.5. The molecule has 2 heterocycles. The predicted molar refractivity (Wildman–Crippen MR) is 92.3 cm³/mol. The van der Waals surface area contributed by atoms with Crippen molar-refractivity contribution >= 4 is 23.0 Å². The Labute approximate surface area is 144 Å². The van der Waals surface area contributed by atoms with Crippen LogP contribution in [0.4, 0.5) is 0 Å². The molecule has 0 radical (unpaired) electrons. The van der Waals surface area contributed by atoms with Crippen LogP contribution in [0, 0.1) is 6.92 Å². The van der Waals surface area contributed by atoms with Crippen molar-refractivity contribution in [3.8, 4) is 5.75 Å². The Kier molecular flexibility index (Phi) is 4.53. The van der Waals surface area contributed by atoms with E-state index in [-0.39, 0.29) is 5.91 Å². The van der Waals surface area contributed by atoms with Gasteiger partial charge < -0.3 is 14.9 Å². The Bertz CT molecular complexity index is 787. The van der Waals surface area contributed by atoms with E-state index in [1.165, 1.54) is 11.3 Å². The number of carbonyl (C=O) groups is 1. The highest BCUT2D eigenvalue weighted by Gasteiger charge is 2.42. The fraction of sp³-hybridized carbons (Fsp3) is 0.353. The molecule has 0 saturated heterocycles. The molecule has 7 heteroatoms. The number of nitrogens with one attached hydrogen (secondary N) is 1. The lowest BCUT2D eigenvalue weighted by Gasteiger charge is -2.20. The molecule has 2 aromatic rings. The van der Waals surface area contributed by atoms with Gasteiger partial charge in [0.1, 0.15) is 10.8 Å². The third kappa shape index (κ3) is 3.26. The summed E-state index contributed by atoms with van der Waals surface area (Å²) >= 11 is 1.52. The second kappa shape index (κ2) is 6.60. The summed E-state index contributed by atoms with van der Waals surface area (Å²) in [5.74, 6) is 0.506. The minimum absolute atomic E-state index is 0.205. The zero-order valence-corrected chi connectivity index (χ0v) is 14.6. The number of ether oxygens (including phenoxy) is 1. The van der Waals surface area contributed by atoms with Crippen LogP contribution in [0.3, 0.4) is 0 Å². The maximum Gasteiger partial charge on any atom is 0.267 e. The van der Waals surface area contributed by atoms with Crippen molar-refractivity contribution in [3.05, 3.63) is 45.9 Å². The predicted octanol–water partition coefficient (Wildman–Crippen LogP) is 2.66. The highest BCUT2D eigenvalue weighted by molar-refractivity contribution is 7.09. The lowest BCUT2D eigenvalue weighted by molar-refractivity contribution is -0.141. The molecule has 0 fully saturated rings. The van der Waals surface area contributed by atoms with Crippen LogP contribution in [0.5, 0.6) is 5.75 Å². The lowest BCUT2D eigenvalue weighted by Crippen LogP contribution is -2.44. The van der Waals surface area contributed by atoms with E-state index in [2.05, 4.69) is 15.5 Å². The van der Waals surface area contributed by atoms with Crippen molar-refractivity contribution in [2.75, 3.05) is 7.11 Å². The van der Waals surface area contributed by atoms with E-state index in [1.54, 1.807) is 14.0 Å². The zero-order chi connectivity index (χ0) is 17.2. The first-order valence-electron chi connectivity index (χ1n) is 7.59. The molecule has 1 aliphatic rings. The summed E-state index contributed by atoms with van der Waals surface area (Å²) in [6, 6.07) is 7.56. The van der Waals surface area contributed by atoms with Gasteiger partial charge in [-0.3, -0.25) is 4.79 Å². The van der Waals surface area contributed by atoms with E-state index in [0.29, 0.717) is 24.4 Å². The highest BCUT2D eigenvalue weighted by atomic mass is 32.1. The van der Waals surface area contributed by atoms with Gasteiger partial charge in [0.15, 0.2) is 0 Å². The number of aromatic nitrogens is 1. The van der Waals surface area contributed by atoms with Gasteiger partial charge in [-0.25, -0.2) is 4.98 Å². The number of oxime groups is 1. The van der Waals surface area contributed by atoms with E-state index in [4.69, 9.17) is 9.57 Å². The number of amides is 1. The summed E-state index contributed by atoms with van der Waals surface area (Å²) in [6.07, 6.45) is 0.385. The number of thiazole rings is 1. The molecule has 3 rings (SSSR count). The quantitative estimate of drug-likeness (QED) is 0.904. The van der Waals surface area contributed by atoms with Crippen LogP contribution < -0.4 is 10.1 Å². The average molecular weight is 345 g/mol.